The number of hydrogen-bond donors (Lipinski definition) is 2. The first-order chi connectivity index (χ1) is 9.66. The third kappa shape index (κ3) is 5.16. The molecule has 0 aromatic carbocycles. The zero-order chi connectivity index (χ0) is 16.2. The van der Waals surface area contributed by atoms with E-state index in [2.05, 4.69) is 38.1 Å². The van der Waals surface area contributed by atoms with Gasteiger partial charge in [0.2, 0.25) is 0 Å². The summed E-state index contributed by atoms with van der Waals surface area (Å²) in [7, 11) is 0. The lowest BCUT2D eigenvalue weighted by Crippen LogP contribution is -2.42. The predicted octanol–water partition coefficient (Wildman–Crippen LogP) is 2.55. The lowest BCUT2D eigenvalue weighted by Gasteiger charge is -2.25. The van der Waals surface area contributed by atoms with Crippen LogP contribution >= 0.6 is 0 Å². The van der Waals surface area contributed by atoms with Crippen LogP contribution in [0, 0.1) is 5.92 Å². The Kier molecular flexibility index (Phi) is 5.96. The van der Waals surface area contributed by atoms with Crippen LogP contribution in [-0.4, -0.2) is 32.9 Å². The Morgan fingerprint density at radius 2 is 2.05 bits per heavy atom. The van der Waals surface area contributed by atoms with Crippen LogP contribution in [-0.2, 0) is 6.54 Å². The molecule has 0 spiro atoms. The van der Waals surface area contributed by atoms with E-state index in [0.29, 0.717) is 24.6 Å². The fourth-order valence-corrected chi connectivity index (χ4v) is 2.46. The van der Waals surface area contributed by atoms with Crippen LogP contribution in [0.3, 0.4) is 0 Å². The zero-order valence-corrected chi connectivity index (χ0v) is 14.1. The minimum absolute atomic E-state index is 0.180. The van der Waals surface area contributed by atoms with E-state index in [-0.39, 0.29) is 18.4 Å². The van der Waals surface area contributed by atoms with Gasteiger partial charge in [-0.2, -0.15) is 5.10 Å². The highest BCUT2D eigenvalue weighted by molar-refractivity contribution is 5.92. The maximum Gasteiger partial charge on any atom is 0.269 e. The van der Waals surface area contributed by atoms with Gasteiger partial charge in [-0.15, -0.1) is 0 Å². The van der Waals surface area contributed by atoms with Gasteiger partial charge in [0.15, 0.2) is 0 Å². The molecule has 2 N–H and O–H groups in total. The number of aryl methyl sites for hydroxylation is 1. The molecular weight excluding hydrogens is 266 g/mol. The van der Waals surface area contributed by atoms with E-state index in [1.807, 2.05) is 13.0 Å². The number of rotatable bonds is 7. The van der Waals surface area contributed by atoms with Gasteiger partial charge in [0.05, 0.1) is 11.3 Å². The summed E-state index contributed by atoms with van der Waals surface area (Å²) in [6.07, 6.45) is 0.650. The molecule has 1 amide bonds. The first-order valence-corrected chi connectivity index (χ1v) is 7.74. The van der Waals surface area contributed by atoms with Gasteiger partial charge in [-0.05, 0) is 38.2 Å². The maximum atomic E-state index is 12.3. The lowest BCUT2D eigenvalue weighted by molar-refractivity contribution is 0.0366. The Balaban J connectivity index is 2.76. The molecule has 0 aliphatic heterocycles. The molecule has 1 aromatic rings. The van der Waals surface area contributed by atoms with E-state index in [1.54, 1.807) is 11.6 Å². The minimum atomic E-state index is -0.887. The van der Waals surface area contributed by atoms with Crippen molar-refractivity contribution in [1.29, 1.82) is 0 Å². The second kappa shape index (κ2) is 7.07. The summed E-state index contributed by atoms with van der Waals surface area (Å²) in [6.45, 7) is 12.8. The summed E-state index contributed by atoms with van der Waals surface area (Å²) in [5.41, 5.74) is 0.583. The average Bonchev–Trinajstić information content (AvgIpc) is 2.78. The monoisotopic (exact) mass is 295 g/mol. The summed E-state index contributed by atoms with van der Waals surface area (Å²) < 4.78 is 1.71. The zero-order valence-electron chi connectivity index (χ0n) is 14.1. The number of aromatic nitrogens is 2. The number of aliphatic hydroxyl groups is 1. The van der Waals surface area contributed by atoms with E-state index >= 15 is 0 Å². The van der Waals surface area contributed by atoms with E-state index < -0.39 is 5.60 Å². The van der Waals surface area contributed by atoms with Gasteiger partial charge in [0.25, 0.3) is 5.91 Å². The largest absolute Gasteiger partial charge is 0.388 e. The van der Waals surface area contributed by atoms with E-state index in [9.17, 15) is 9.90 Å². The molecule has 0 saturated heterocycles. The Hall–Kier alpha value is -1.36. The van der Waals surface area contributed by atoms with Crippen LogP contribution in [0.2, 0.25) is 0 Å². The molecule has 120 valence electrons. The number of nitrogens with one attached hydrogen (secondary N) is 1. The summed E-state index contributed by atoms with van der Waals surface area (Å²) in [6, 6.07) is 1.83. The van der Waals surface area contributed by atoms with Crippen molar-refractivity contribution in [2.75, 3.05) is 6.54 Å². The van der Waals surface area contributed by atoms with Gasteiger partial charge in [-0.1, -0.05) is 27.7 Å². The standard InChI is InChI=1S/C16H29N3O2/c1-7-19-14(8-13(18-19)12(4)5)15(20)17-10-16(6,21)9-11(2)3/h8,11-12,21H,7,9-10H2,1-6H3,(H,17,20). The highest BCUT2D eigenvalue weighted by Crippen LogP contribution is 2.17. The highest BCUT2D eigenvalue weighted by Gasteiger charge is 2.24. The van der Waals surface area contributed by atoms with Crippen molar-refractivity contribution in [2.45, 2.75) is 66.0 Å². The van der Waals surface area contributed by atoms with Gasteiger partial charge in [-0.25, -0.2) is 0 Å². The second-order valence-electron chi connectivity index (χ2n) is 6.70. The van der Waals surface area contributed by atoms with Crippen LogP contribution in [0.25, 0.3) is 0 Å². The van der Waals surface area contributed by atoms with Crippen LogP contribution in [0.1, 0.15) is 70.1 Å². The van der Waals surface area contributed by atoms with E-state index in [4.69, 9.17) is 0 Å². The van der Waals surface area contributed by atoms with Gasteiger partial charge in [0, 0.05) is 13.1 Å². The molecule has 5 heteroatoms. The summed E-state index contributed by atoms with van der Waals surface area (Å²) in [4.78, 5) is 12.3. The topological polar surface area (TPSA) is 67.2 Å². The quantitative estimate of drug-likeness (QED) is 0.812. The van der Waals surface area contributed by atoms with Crippen molar-refractivity contribution in [3.05, 3.63) is 17.5 Å². The van der Waals surface area contributed by atoms with Gasteiger partial charge in [-0.3, -0.25) is 9.48 Å². The normalized spacial score (nSPS) is 14.5. The Morgan fingerprint density at radius 3 is 2.52 bits per heavy atom. The SMILES string of the molecule is CCn1nc(C(C)C)cc1C(=O)NCC(C)(O)CC(C)C. The molecule has 21 heavy (non-hydrogen) atoms. The molecule has 0 saturated carbocycles. The van der Waals surface area contributed by atoms with Crippen LogP contribution in [0.4, 0.5) is 0 Å². The number of carbonyl (C=O) groups is 1. The molecule has 1 unspecified atom stereocenters. The molecule has 0 fully saturated rings. The smallest absolute Gasteiger partial charge is 0.269 e. The molecule has 1 atom stereocenters. The van der Waals surface area contributed by atoms with Crippen molar-refractivity contribution in [3.8, 4) is 0 Å². The molecular formula is C16H29N3O2. The van der Waals surface area contributed by atoms with E-state index in [0.717, 1.165) is 5.69 Å². The summed E-state index contributed by atoms with van der Waals surface area (Å²) in [5, 5.41) is 17.5. The van der Waals surface area contributed by atoms with Gasteiger partial charge < -0.3 is 10.4 Å². The predicted molar refractivity (Wildman–Crippen MR) is 84.4 cm³/mol. The number of carbonyl (C=O) groups excluding carboxylic acids is 1. The average molecular weight is 295 g/mol. The van der Waals surface area contributed by atoms with Crippen LogP contribution in [0.15, 0.2) is 6.07 Å². The Bertz CT molecular complexity index is 476. The van der Waals surface area contributed by atoms with Crippen molar-refractivity contribution >= 4 is 5.91 Å². The second-order valence-corrected chi connectivity index (χ2v) is 6.70. The Labute approximate surface area is 127 Å². The van der Waals surface area contributed by atoms with Crippen molar-refractivity contribution in [1.82, 2.24) is 15.1 Å². The fourth-order valence-electron chi connectivity index (χ4n) is 2.46. The molecule has 0 aliphatic carbocycles. The fraction of sp³-hybridized carbons (Fsp3) is 0.750. The molecule has 0 aliphatic rings. The highest BCUT2D eigenvalue weighted by atomic mass is 16.3. The molecule has 0 radical (unpaired) electrons. The molecule has 0 bridgehead atoms. The summed E-state index contributed by atoms with van der Waals surface area (Å²) in [5.74, 6) is 0.485. The molecule has 1 heterocycles. The third-order valence-electron chi connectivity index (χ3n) is 3.40. The maximum absolute atomic E-state index is 12.3. The van der Waals surface area contributed by atoms with Crippen LogP contribution < -0.4 is 5.32 Å². The third-order valence-corrected chi connectivity index (χ3v) is 3.40. The number of nitrogens with zero attached hydrogens (tertiary/aromatic N) is 2. The number of hydrogen-bond acceptors (Lipinski definition) is 3. The van der Waals surface area contributed by atoms with Gasteiger partial charge in [0.1, 0.15) is 5.69 Å². The van der Waals surface area contributed by atoms with Crippen LogP contribution in [0.5, 0.6) is 0 Å². The number of amides is 1. The first-order valence-electron chi connectivity index (χ1n) is 7.74. The minimum Gasteiger partial charge on any atom is -0.388 e. The Morgan fingerprint density at radius 1 is 1.43 bits per heavy atom. The molecule has 1 aromatic heterocycles. The lowest BCUT2D eigenvalue weighted by atomic mass is 9.94. The first kappa shape index (κ1) is 17.7. The summed E-state index contributed by atoms with van der Waals surface area (Å²) >= 11 is 0. The van der Waals surface area contributed by atoms with Crippen molar-refractivity contribution < 1.29 is 9.90 Å². The molecule has 1 rings (SSSR count). The van der Waals surface area contributed by atoms with Gasteiger partial charge >= 0.3 is 0 Å². The van der Waals surface area contributed by atoms with Crippen molar-refractivity contribution in [3.63, 3.8) is 0 Å². The molecule has 5 nitrogen and oxygen atoms in total. The van der Waals surface area contributed by atoms with Crippen molar-refractivity contribution in [2.24, 2.45) is 5.92 Å². The van der Waals surface area contributed by atoms with E-state index in [1.165, 1.54) is 0 Å².